The molecule has 0 saturated carbocycles. The Morgan fingerprint density at radius 2 is 1.87 bits per heavy atom. The Kier molecular flexibility index (Phi) is 5.11. The van der Waals surface area contributed by atoms with Gasteiger partial charge < -0.3 is 15.1 Å². The molecule has 0 aliphatic carbocycles. The number of amides is 1. The van der Waals surface area contributed by atoms with Crippen molar-refractivity contribution in [3.05, 3.63) is 44.6 Å². The van der Waals surface area contributed by atoms with Crippen LogP contribution in [-0.4, -0.2) is 44.0 Å². The molecule has 7 heteroatoms. The quantitative estimate of drug-likeness (QED) is 0.885. The van der Waals surface area contributed by atoms with Gasteiger partial charge in [-0.2, -0.15) is 0 Å². The lowest BCUT2D eigenvalue weighted by atomic mass is 10.2. The van der Waals surface area contributed by atoms with E-state index in [1.807, 2.05) is 12.1 Å². The molecule has 1 N–H and O–H groups in total. The maximum Gasteiger partial charge on any atom is 0.265 e. The summed E-state index contributed by atoms with van der Waals surface area (Å²) >= 11 is 13.3. The van der Waals surface area contributed by atoms with Crippen LogP contribution in [0.25, 0.3) is 0 Å². The molecule has 2 heterocycles. The van der Waals surface area contributed by atoms with Gasteiger partial charge in [0.1, 0.15) is 0 Å². The first-order chi connectivity index (χ1) is 11.0. The number of hydrogen-bond acceptors (Lipinski definition) is 4. The van der Waals surface area contributed by atoms with Crippen molar-refractivity contribution in [3.8, 4) is 0 Å². The number of benzene rings is 1. The molecule has 0 bridgehead atoms. The number of hydrogen-bond donors (Lipinski definition) is 1. The van der Waals surface area contributed by atoms with Crippen LogP contribution < -0.4 is 10.2 Å². The molecule has 1 aromatic carbocycles. The maximum absolute atomic E-state index is 12.4. The third-order valence-electron chi connectivity index (χ3n) is 3.85. The van der Waals surface area contributed by atoms with E-state index in [9.17, 15) is 4.79 Å². The fraction of sp³-hybridized carbons (Fsp3) is 0.312. The highest BCUT2D eigenvalue weighted by Gasteiger charge is 2.19. The lowest BCUT2D eigenvalue weighted by molar-refractivity contribution is 0.103. The zero-order valence-corrected chi connectivity index (χ0v) is 15.0. The number of thiophene rings is 1. The van der Waals surface area contributed by atoms with E-state index in [0.29, 0.717) is 14.2 Å². The normalized spacial score (nSPS) is 15.7. The molecule has 0 unspecified atom stereocenters. The molecule has 0 radical (unpaired) electrons. The van der Waals surface area contributed by atoms with Crippen LogP contribution >= 0.6 is 34.5 Å². The minimum Gasteiger partial charge on any atom is -0.367 e. The fourth-order valence-electron chi connectivity index (χ4n) is 2.55. The van der Waals surface area contributed by atoms with Gasteiger partial charge in [0, 0.05) is 31.2 Å². The highest BCUT2D eigenvalue weighted by atomic mass is 35.5. The Bertz CT molecular complexity index is 711. The molecule has 1 saturated heterocycles. The summed E-state index contributed by atoms with van der Waals surface area (Å²) < 4.78 is 0.598. The third kappa shape index (κ3) is 3.98. The lowest BCUT2D eigenvalue weighted by Gasteiger charge is -2.35. The molecule has 1 aromatic heterocycles. The summed E-state index contributed by atoms with van der Waals surface area (Å²) in [6.45, 7) is 3.84. The standard InChI is InChI=1S/C16H17Cl2N3OS/c1-20-6-8-21(9-7-20)13-3-2-11(17)10-12(13)19-16(22)14-4-5-15(18)23-14/h2-5,10H,6-9H2,1H3,(H,19,22). The van der Waals surface area contributed by atoms with E-state index in [1.54, 1.807) is 18.2 Å². The Hall–Kier alpha value is -1.27. The van der Waals surface area contributed by atoms with Crippen molar-refractivity contribution in [3.63, 3.8) is 0 Å². The van der Waals surface area contributed by atoms with Crippen LogP contribution in [0.2, 0.25) is 9.36 Å². The second-order valence-corrected chi connectivity index (χ2v) is 7.66. The highest BCUT2D eigenvalue weighted by Crippen LogP contribution is 2.31. The molecule has 1 fully saturated rings. The predicted molar refractivity (Wildman–Crippen MR) is 98.4 cm³/mol. The largest absolute Gasteiger partial charge is 0.367 e. The fourth-order valence-corrected chi connectivity index (χ4v) is 3.66. The topological polar surface area (TPSA) is 35.6 Å². The number of likely N-dealkylation sites (N-methyl/N-ethyl adjacent to an activating group) is 1. The van der Waals surface area contributed by atoms with Crippen molar-refractivity contribution in [2.75, 3.05) is 43.4 Å². The Labute approximate surface area is 149 Å². The molecule has 3 rings (SSSR count). The van der Waals surface area contributed by atoms with E-state index in [0.717, 1.165) is 37.6 Å². The van der Waals surface area contributed by atoms with Gasteiger partial charge in [-0.1, -0.05) is 23.2 Å². The first-order valence-corrected chi connectivity index (χ1v) is 8.90. The van der Waals surface area contributed by atoms with Gasteiger partial charge in [0.25, 0.3) is 5.91 Å². The Morgan fingerprint density at radius 3 is 2.52 bits per heavy atom. The number of nitrogens with one attached hydrogen (secondary N) is 1. The summed E-state index contributed by atoms with van der Waals surface area (Å²) in [4.78, 5) is 17.5. The van der Waals surface area contributed by atoms with Gasteiger partial charge in [-0.05, 0) is 37.4 Å². The van der Waals surface area contributed by atoms with E-state index in [1.165, 1.54) is 11.3 Å². The summed E-state index contributed by atoms with van der Waals surface area (Å²) in [6, 6.07) is 9.06. The van der Waals surface area contributed by atoms with Crippen LogP contribution in [0.5, 0.6) is 0 Å². The van der Waals surface area contributed by atoms with Crippen molar-refractivity contribution in [1.29, 1.82) is 0 Å². The van der Waals surface area contributed by atoms with Gasteiger partial charge in [0.2, 0.25) is 0 Å². The van der Waals surface area contributed by atoms with Gasteiger partial charge in [-0.3, -0.25) is 4.79 Å². The molecule has 1 aliphatic rings. The van der Waals surface area contributed by atoms with Gasteiger partial charge in [-0.15, -0.1) is 11.3 Å². The third-order valence-corrected chi connectivity index (χ3v) is 5.31. The van der Waals surface area contributed by atoms with Crippen LogP contribution in [0.15, 0.2) is 30.3 Å². The molecule has 1 amide bonds. The predicted octanol–water partition coefficient (Wildman–Crippen LogP) is 4.06. The van der Waals surface area contributed by atoms with Gasteiger partial charge >= 0.3 is 0 Å². The molecule has 2 aromatic rings. The number of rotatable bonds is 3. The van der Waals surface area contributed by atoms with Crippen molar-refractivity contribution < 1.29 is 4.79 Å². The summed E-state index contributed by atoms with van der Waals surface area (Å²) in [5.41, 5.74) is 1.73. The van der Waals surface area contributed by atoms with E-state index >= 15 is 0 Å². The summed E-state index contributed by atoms with van der Waals surface area (Å²) in [7, 11) is 2.11. The first-order valence-electron chi connectivity index (χ1n) is 7.32. The average molecular weight is 370 g/mol. The summed E-state index contributed by atoms with van der Waals surface area (Å²) in [5, 5.41) is 3.56. The molecule has 0 atom stereocenters. The number of piperazine rings is 1. The number of nitrogens with zero attached hydrogens (tertiary/aromatic N) is 2. The van der Waals surface area contributed by atoms with Crippen molar-refractivity contribution in [2.24, 2.45) is 0 Å². The molecular weight excluding hydrogens is 353 g/mol. The average Bonchev–Trinajstić information content (AvgIpc) is 2.95. The smallest absolute Gasteiger partial charge is 0.265 e. The maximum atomic E-state index is 12.4. The van der Waals surface area contributed by atoms with E-state index in [2.05, 4.69) is 22.2 Å². The van der Waals surface area contributed by atoms with E-state index < -0.39 is 0 Å². The molecule has 23 heavy (non-hydrogen) atoms. The van der Waals surface area contributed by atoms with Crippen LogP contribution in [0, 0.1) is 0 Å². The molecular formula is C16H17Cl2N3OS. The Morgan fingerprint density at radius 1 is 1.13 bits per heavy atom. The first kappa shape index (κ1) is 16.6. The number of anilines is 2. The molecule has 1 aliphatic heterocycles. The molecule has 4 nitrogen and oxygen atoms in total. The van der Waals surface area contributed by atoms with Crippen LogP contribution in [0.3, 0.4) is 0 Å². The van der Waals surface area contributed by atoms with Crippen LogP contribution in [0.1, 0.15) is 9.67 Å². The molecule has 0 spiro atoms. The van der Waals surface area contributed by atoms with Gasteiger partial charge in [0.05, 0.1) is 20.6 Å². The molecule has 122 valence electrons. The zero-order chi connectivity index (χ0) is 16.4. The van der Waals surface area contributed by atoms with Crippen molar-refractivity contribution in [2.45, 2.75) is 0 Å². The van der Waals surface area contributed by atoms with Crippen molar-refractivity contribution in [1.82, 2.24) is 4.90 Å². The highest BCUT2D eigenvalue weighted by molar-refractivity contribution is 7.18. The summed E-state index contributed by atoms with van der Waals surface area (Å²) in [5.74, 6) is -0.167. The zero-order valence-electron chi connectivity index (χ0n) is 12.7. The van der Waals surface area contributed by atoms with E-state index in [4.69, 9.17) is 23.2 Å². The minimum absolute atomic E-state index is 0.167. The van der Waals surface area contributed by atoms with Crippen LogP contribution in [-0.2, 0) is 0 Å². The second-order valence-electron chi connectivity index (χ2n) is 5.51. The summed E-state index contributed by atoms with van der Waals surface area (Å²) in [6.07, 6.45) is 0. The SMILES string of the molecule is CN1CCN(c2ccc(Cl)cc2NC(=O)c2ccc(Cl)s2)CC1. The Balaban J connectivity index is 1.83. The second kappa shape index (κ2) is 7.09. The number of carbonyl (C=O) groups excluding carboxylic acids is 1. The van der Waals surface area contributed by atoms with Crippen molar-refractivity contribution >= 4 is 51.8 Å². The van der Waals surface area contributed by atoms with Gasteiger partial charge in [0.15, 0.2) is 0 Å². The van der Waals surface area contributed by atoms with E-state index in [-0.39, 0.29) is 5.91 Å². The lowest BCUT2D eigenvalue weighted by Crippen LogP contribution is -2.44. The monoisotopic (exact) mass is 369 g/mol. The number of carbonyl (C=O) groups is 1. The van der Waals surface area contributed by atoms with Gasteiger partial charge in [-0.25, -0.2) is 0 Å². The minimum atomic E-state index is -0.167. The van der Waals surface area contributed by atoms with Crippen LogP contribution in [0.4, 0.5) is 11.4 Å². The number of halogens is 2.